The maximum atomic E-state index is 13.0. The highest BCUT2D eigenvalue weighted by molar-refractivity contribution is 7.87. The predicted molar refractivity (Wildman–Crippen MR) is 121 cm³/mol. The molecule has 0 spiro atoms. The van der Waals surface area contributed by atoms with Gasteiger partial charge in [-0.25, -0.2) is 4.39 Å². The first-order chi connectivity index (χ1) is 15.2. The largest absolute Gasteiger partial charge is 0.379 e. The molecular weight excluding hydrogens is 453 g/mol. The first-order valence-electron chi connectivity index (χ1n) is 9.96. The van der Waals surface area contributed by atoms with Crippen molar-refractivity contribution in [2.75, 3.05) is 0 Å². The van der Waals surface area contributed by atoms with E-state index in [0.29, 0.717) is 6.54 Å². The monoisotopic (exact) mass is 475 g/mol. The molecule has 0 fully saturated rings. The number of hydrogen-bond acceptors (Lipinski definition) is 4. The van der Waals surface area contributed by atoms with Crippen molar-refractivity contribution < 1.29 is 21.8 Å². The number of benzene rings is 3. The minimum absolute atomic E-state index is 0.0951. The lowest BCUT2D eigenvalue weighted by atomic mass is 10.1. The molecule has 3 rings (SSSR count). The Labute approximate surface area is 192 Å². The van der Waals surface area contributed by atoms with Gasteiger partial charge in [0.25, 0.3) is 0 Å². The number of alkyl halides is 1. The van der Waals surface area contributed by atoms with Crippen LogP contribution in [0.2, 0.25) is 0 Å². The molecule has 1 unspecified atom stereocenters. The lowest BCUT2D eigenvalue weighted by molar-refractivity contribution is -0.133. The summed E-state index contributed by atoms with van der Waals surface area (Å²) in [5, 5.41) is -0.804. The molecule has 0 bridgehead atoms. The summed E-state index contributed by atoms with van der Waals surface area (Å²) in [6.45, 7) is 4.11. The van der Waals surface area contributed by atoms with Crippen molar-refractivity contribution in [1.29, 1.82) is 0 Å². The van der Waals surface area contributed by atoms with Crippen LogP contribution in [0.1, 0.15) is 30.4 Å². The summed E-state index contributed by atoms with van der Waals surface area (Å²) < 4.78 is 42.9. The lowest BCUT2D eigenvalue weighted by Crippen LogP contribution is -2.38. The van der Waals surface area contributed by atoms with Crippen LogP contribution in [0.15, 0.2) is 83.8 Å². The molecule has 0 radical (unpaired) electrons. The number of halogens is 2. The molecule has 32 heavy (non-hydrogen) atoms. The third-order valence-corrected chi connectivity index (χ3v) is 6.50. The number of carbonyl (C=O) groups excluding carboxylic acids is 1. The zero-order valence-electron chi connectivity index (χ0n) is 17.6. The van der Waals surface area contributed by atoms with Gasteiger partial charge in [-0.1, -0.05) is 42.5 Å². The van der Waals surface area contributed by atoms with Crippen molar-refractivity contribution in [1.82, 2.24) is 4.90 Å². The van der Waals surface area contributed by atoms with Crippen molar-refractivity contribution in [3.8, 4) is 5.75 Å². The zero-order chi connectivity index (χ0) is 23.3. The van der Waals surface area contributed by atoms with Crippen molar-refractivity contribution in [2.45, 2.75) is 36.7 Å². The summed E-state index contributed by atoms with van der Waals surface area (Å²) in [5.41, 5.74) is 1.51. The van der Waals surface area contributed by atoms with Crippen LogP contribution in [0.4, 0.5) is 4.39 Å². The van der Waals surface area contributed by atoms with Gasteiger partial charge in [-0.3, -0.25) is 4.79 Å². The summed E-state index contributed by atoms with van der Waals surface area (Å²) >= 11 is 6.43. The smallest absolute Gasteiger partial charge is 0.339 e. The van der Waals surface area contributed by atoms with Gasteiger partial charge < -0.3 is 9.08 Å². The van der Waals surface area contributed by atoms with Crippen LogP contribution in [0.5, 0.6) is 5.75 Å². The number of hydrogen-bond donors (Lipinski definition) is 0. The Morgan fingerprint density at radius 3 is 2.12 bits per heavy atom. The van der Waals surface area contributed by atoms with E-state index in [0.717, 1.165) is 35.4 Å². The van der Waals surface area contributed by atoms with Crippen LogP contribution in [-0.4, -0.2) is 25.3 Å². The van der Waals surface area contributed by atoms with Gasteiger partial charge in [0.05, 0.1) is 0 Å². The Morgan fingerprint density at radius 1 is 0.969 bits per heavy atom. The SMILES string of the molecule is CC(C)N(Cc1ccc(OS(=O)(=O)c2ccc(F)cc2)cc1)C(=O)C(Cl)c1ccccc1. The van der Waals surface area contributed by atoms with Gasteiger partial charge in [0, 0.05) is 12.6 Å². The molecule has 0 aliphatic carbocycles. The molecule has 3 aromatic rings. The van der Waals surface area contributed by atoms with Gasteiger partial charge in [-0.05, 0) is 61.4 Å². The molecule has 0 heterocycles. The van der Waals surface area contributed by atoms with Crippen LogP contribution >= 0.6 is 11.6 Å². The Bertz CT molecular complexity index is 1150. The minimum atomic E-state index is -4.08. The van der Waals surface area contributed by atoms with E-state index in [9.17, 15) is 17.6 Å². The molecule has 0 saturated heterocycles. The summed E-state index contributed by atoms with van der Waals surface area (Å²) in [7, 11) is -4.08. The first kappa shape index (κ1) is 23.8. The zero-order valence-corrected chi connectivity index (χ0v) is 19.2. The van der Waals surface area contributed by atoms with Gasteiger partial charge in [-0.15, -0.1) is 11.6 Å². The highest BCUT2D eigenvalue weighted by atomic mass is 35.5. The highest BCUT2D eigenvalue weighted by Gasteiger charge is 2.26. The van der Waals surface area contributed by atoms with Gasteiger partial charge in [0.15, 0.2) is 0 Å². The summed E-state index contributed by atoms with van der Waals surface area (Å²) in [6.07, 6.45) is 0. The van der Waals surface area contributed by atoms with E-state index in [1.165, 1.54) is 12.1 Å². The van der Waals surface area contributed by atoms with Gasteiger partial charge in [-0.2, -0.15) is 8.42 Å². The fourth-order valence-corrected chi connectivity index (χ4v) is 4.25. The molecule has 1 atom stereocenters. The van der Waals surface area contributed by atoms with E-state index in [1.807, 2.05) is 44.2 Å². The summed E-state index contributed by atoms with van der Waals surface area (Å²) in [4.78, 5) is 14.5. The second-order valence-corrected chi connectivity index (χ2v) is 9.45. The summed E-state index contributed by atoms with van der Waals surface area (Å²) in [6, 6.07) is 19.8. The third-order valence-electron chi connectivity index (χ3n) is 4.80. The van der Waals surface area contributed by atoms with Crippen LogP contribution in [-0.2, 0) is 21.5 Å². The van der Waals surface area contributed by atoms with E-state index in [4.69, 9.17) is 15.8 Å². The average Bonchev–Trinajstić information content (AvgIpc) is 2.78. The second kappa shape index (κ2) is 10.1. The van der Waals surface area contributed by atoms with Gasteiger partial charge >= 0.3 is 10.1 Å². The predicted octanol–water partition coefficient (Wildman–Crippen LogP) is 5.31. The fraction of sp³-hybridized carbons (Fsp3) is 0.208. The molecule has 8 heteroatoms. The maximum Gasteiger partial charge on any atom is 0.339 e. The number of carbonyl (C=O) groups is 1. The van der Waals surface area contributed by atoms with Crippen LogP contribution < -0.4 is 4.18 Å². The van der Waals surface area contributed by atoms with Gasteiger partial charge in [0.1, 0.15) is 21.8 Å². The standard InChI is InChI=1S/C24H23ClFNO4S/c1-17(2)27(24(28)23(25)19-6-4-3-5-7-19)16-18-8-12-21(13-9-18)31-32(29,30)22-14-10-20(26)11-15-22/h3-15,17,23H,16H2,1-2H3. The molecule has 0 aromatic heterocycles. The Hall–Kier alpha value is -2.90. The minimum Gasteiger partial charge on any atom is -0.379 e. The van der Waals surface area contributed by atoms with Crippen molar-refractivity contribution in [3.05, 3.63) is 95.8 Å². The van der Waals surface area contributed by atoms with Crippen LogP contribution in [0, 0.1) is 5.82 Å². The molecule has 0 N–H and O–H groups in total. The Morgan fingerprint density at radius 2 is 1.56 bits per heavy atom. The van der Waals surface area contributed by atoms with Crippen LogP contribution in [0.3, 0.4) is 0 Å². The molecule has 0 aliphatic rings. The normalized spacial score (nSPS) is 12.4. The molecule has 5 nitrogen and oxygen atoms in total. The molecule has 0 aliphatic heterocycles. The van der Waals surface area contributed by atoms with E-state index in [1.54, 1.807) is 17.0 Å². The first-order valence-corrected chi connectivity index (χ1v) is 11.8. The molecule has 1 amide bonds. The number of nitrogens with zero attached hydrogens (tertiary/aromatic N) is 1. The van der Waals surface area contributed by atoms with Crippen molar-refractivity contribution in [3.63, 3.8) is 0 Å². The lowest BCUT2D eigenvalue weighted by Gasteiger charge is -2.29. The summed E-state index contributed by atoms with van der Waals surface area (Å²) in [5.74, 6) is -0.643. The second-order valence-electron chi connectivity index (χ2n) is 7.47. The van der Waals surface area contributed by atoms with Crippen LogP contribution in [0.25, 0.3) is 0 Å². The third kappa shape index (κ3) is 5.87. The highest BCUT2D eigenvalue weighted by Crippen LogP contribution is 2.26. The Kier molecular flexibility index (Phi) is 7.53. The molecule has 168 valence electrons. The van der Waals surface area contributed by atoms with E-state index >= 15 is 0 Å². The maximum absolute atomic E-state index is 13.0. The van der Waals surface area contributed by atoms with Crippen molar-refractivity contribution in [2.24, 2.45) is 0 Å². The quantitative estimate of drug-likeness (QED) is 0.327. The van der Waals surface area contributed by atoms with E-state index in [-0.39, 0.29) is 22.6 Å². The fourth-order valence-electron chi connectivity index (χ4n) is 3.05. The average molecular weight is 476 g/mol. The Balaban J connectivity index is 1.71. The number of rotatable bonds is 8. The number of amides is 1. The van der Waals surface area contributed by atoms with E-state index < -0.39 is 21.3 Å². The topological polar surface area (TPSA) is 63.7 Å². The van der Waals surface area contributed by atoms with Gasteiger partial charge in [0.2, 0.25) is 5.91 Å². The molecular formula is C24H23ClFNO4S. The molecule has 3 aromatic carbocycles. The molecule has 0 saturated carbocycles. The van der Waals surface area contributed by atoms with E-state index in [2.05, 4.69) is 0 Å². The van der Waals surface area contributed by atoms with Crippen molar-refractivity contribution >= 4 is 27.6 Å².